The van der Waals surface area contributed by atoms with E-state index in [0.717, 1.165) is 45.8 Å². The van der Waals surface area contributed by atoms with E-state index in [1.54, 1.807) is 12.1 Å². The van der Waals surface area contributed by atoms with E-state index in [1.165, 1.54) is 12.1 Å². The molecule has 1 heterocycles. The lowest BCUT2D eigenvalue weighted by atomic mass is 10.1. The molecule has 4 rings (SSSR count). The van der Waals surface area contributed by atoms with Crippen molar-refractivity contribution in [2.45, 2.75) is 31.6 Å². The van der Waals surface area contributed by atoms with Gasteiger partial charge in [0.2, 0.25) is 0 Å². The molecule has 8 nitrogen and oxygen atoms in total. The zero-order valence-electron chi connectivity index (χ0n) is 21.2. The van der Waals surface area contributed by atoms with Crippen LogP contribution in [-0.4, -0.2) is 44.6 Å². The fourth-order valence-electron chi connectivity index (χ4n) is 4.07. The van der Waals surface area contributed by atoms with Crippen LogP contribution in [0.1, 0.15) is 23.9 Å². The molecule has 0 aliphatic carbocycles. The van der Waals surface area contributed by atoms with Crippen LogP contribution in [0, 0.1) is 6.92 Å². The zero-order chi connectivity index (χ0) is 26.7. The van der Waals surface area contributed by atoms with Gasteiger partial charge in [0.25, 0.3) is 10.0 Å². The van der Waals surface area contributed by atoms with Crippen molar-refractivity contribution < 1.29 is 13.2 Å². The molecule has 0 bridgehead atoms. The highest BCUT2D eigenvalue weighted by molar-refractivity contribution is 7.90. The van der Waals surface area contributed by atoms with Gasteiger partial charge in [-0.3, -0.25) is 4.57 Å². The number of imidazole rings is 1. The van der Waals surface area contributed by atoms with Gasteiger partial charge in [-0.05, 0) is 55.3 Å². The second-order valence-electron chi connectivity index (χ2n) is 8.99. The Bertz CT molecular complexity index is 1530. The van der Waals surface area contributed by atoms with Crippen molar-refractivity contribution in [1.82, 2.24) is 19.6 Å². The summed E-state index contributed by atoms with van der Waals surface area (Å²) in [4.78, 5) is 19.0. The molecule has 4 aromatic rings. The van der Waals surface area contributed by atoms with Gasteiger partial charge in [-0.25, -0.2) is 22.9 Å². The Labute approximate surface area is 222 Å². The molecule has 0 atom stereocenters. The topological polar surface area (TPSA) is 96.3 Å². The number of sulfonamides is 1. The summed E-state index contributed by atoms with van der Waals surface area (Å²) >= 11 is 6.54. The first-order chi connectivity index (χ1) is 17.6. The summed E-state index contributed by atoms with van der Waals surface area (Å²) in [5.74, 6) is 0.933. The third-order valence-electron chi connectivity index (χ3n) is 6.04. The van der Waals surface area contributed by atoms with Gasteiger partial charge in [0.1, 0.15) is 5.82 Å². The lowest BCUT2D eigenvalue weighted by molar-refractivity contribution is 0.246. The van der Waals surface area contributed by atoms with Crippen LogP contribution >= 0.6 is 11.6 Å². The lowest BCUT2D eigenvalue weighted by Gasteiger charge is -2.15. The van der Waals surface area contributed by atoms with Gasteiger partial charge in [0, 0.05) is 32.7 Å². The van der Waals surface area contributed by atoms with Gasteiger partial charge in [-0.2, -0.15) is 0 Å². The summed E-state index contributed by atoms with van der Waals surface area (Å²) in [6.45, 7) is 4.21. The van der Waals surface area contributed by atoms with Crippen LogP contribution in [0.3, 0.4) is 0 Å². The number of anilines is 1. The maximum absolute atomic E-state index is 12.4. The van der Waals surface area contributed by atoms with E-state index in [0.29, 0.717) is 11.4 Å². The second kappa shape index (κ2) is 10.8. The monoisotopic (exact) mass is 539 g/mol. The number of benzene rings is 3. The van der Waals surface area contributed by atoms with Crippen molar-refractivity contribution in [2.24, 2.45) is 0 Å². The number of urea groups is 1. The maximum atomic E-state index is 12.4. The van der Waals surface area contributed by atoms with Gasteiger partial charge in [-0.1, -0.05) is 48.4 Å². The van der Waals surface area contributed by atoms with Crippen molar-refractivity contribution in [2.75, 3.05) is 25.5 Å². The Kier molecular flexibility index (Phi) is 7.75. The SMILES string of the molecule is CCc1nc2cc(N(C)C)c(Cl)cc2n1-c1ccc(CCNC(=O)NS(=O)(=O)c2ccc(C)cc2)cc1. The van der Waals surface area contributed by atoms with E-state index in [4.69, 9.17) is 16.6 Å². The van der Waals surface area contributed by atoms with Gasteiger partial charge in [0.05, 0.1) is 26.6 Å². The van der Waals surface area contributed by atoms with Crippen molar-refractivity contribution in [3.8, 4) is 5.69 Å². The van der Waals surface area contributed by atoms with Crippen molar-refractivity contribution in [3.63, 3.8) is 0 Å². The predicted octanol–water partition coefficient (Wildman–Crippen LogP) is 4.85. The Morgan fingerprint density at radius 2 is 1.73 bits per heavy atom. The highest BCUT2D eigenvalue weighted by Crippen LogP contribution is 2.32. The second-order valence-corrected chi connectivity index (χ2v) is 11.1. The van der Waals surface area contributed by atoms with Crippen LogP contribution < -0.4 is 14.9 Å². The maximum Gasteiger partial charge on any atom is 0.328 e. The summed E-state index contributed by atoms with van der Waals surface area (Å²) in [5.41, 5.74) is 5.63. The Hall–Kier alpha value is -3.56. The summed E-state index contributed by atoms with van der Waals surface area (Å²) in [6, 6.07) is 17.5. The van der Waals surface area contributed by atoms with Crippen LogP contribution in [0.5, 0.6) is 0 Å². The molecule has 10 heteroatoms. The third kappa shape index (κ3) is 5.89. The molecule has 0 radical (unpaired) electrons. The molecule has 1 aromatic heterocycles. The minimum Gasteiger partial charge on any atom is -0.376 e. The Balaban J connectivity index is 1.42. The average Bonchev–Trinajstić information content (AvgIpc) is 3.21. The Morgan fingerprint density at radius 1 is 1.05 bits per heavy atom. The average molecular weight is 540 g/mol. The number of carbonyl (C=O) groups excluding carboxylic acids is 1. The van der Waals surface area contributed by atoms with E-state index < -0.39 is 16.1 Å². The number of carbonyl (C=O) groups is 1. The van der Waals surface area contributed by atoms with Crippen LogP contribution in [0.2, 0.25) is 5.02 Å². The summed E-state index contributed by atoms with van der Waals surface area (Å²) in [5, 5.41) is 3.27. The molecule has 37 heavy (non-hydrogen) atoms. The molecule has 2 amide bonds. The van der Waals surface area contributed by atoms with Gasteiger partial charge in [0.15, 0.2) is 0 Å². The van der Waals surface area contributed by atoms with Crippen LogP contribution in [-0.2, 0) is 22.9 Å². The first kappa shape index (κ1) is 26.5. The molecule has 0 unspecified atom stereocenters. The normalized spacial score (nSPS) is 11.5. The Morgan fingerprint density at radius 3 is 2.35 bits per heavy atom. The standard InChI is InChI=1S/C27H30ClN5O3S/c1-5-26-30-23-17-24(32(3)4)22(28)16-25(23)33(26)20-10-8-19(9-11-20)14-15-29-27(34)31-37(35,36)21-12-6-18(2)7-13-21/h6-13,16-17H,5,14-15H2,1-4H3,(H2,29,31,34). The van der Waals surface area contributed by atoms with Gasteiger partial charge >= 0.3 is 6.03 Å². The molecule has 3 aromatic carbocycles. The highest BCUT2D eigenvalue weighted by atomic mass is 35.5. The van der Waals surface area contributed by atoms with E-state index in [-0.39, 0.29) is 11.4 Å². The van der Waals surface area contributed by atoms with Crippen molar-refractivity contribution in [3.05, 3.63) is 82.6 Å². The number of hydrogen-bond acceptors (Lipinski definition) is 5. The highest BCUT2D eigenvalue weighted by Gasteiger charge is 2.17. The molecule has 0 fully saturated rings. The largest absolute Gasteiger partial charge is 0.376 e. The summed E-state index contributed by atoms with van der Waals surface area (Å²) in [7, 11) is -0.0214. The van der Waals surface area contributed by atoms with Crippen LogP contribution in [0.4, 0.5) is 10.5 Å². The molecule has 0 saturated carbocycles. The molecule has 0 spiro atoms. The van der Waals surface area contributed by atoms with Crippen LogP contribution in [0.15, 0.2) is 65.6 Å². The number of aryl methyl sites for hydroxylation is 2. The zero-order valence-corrected chi connectivity index (χ0v) is 22.8. The first-order valence-electron chi connectivity index (χ1n) is 11.9. The van der Waals surface area contributed by atoms with E-state index in [2.05, 4.69) is 16.8 Å². The van der Waals surface area contributed by atoms with Crippen LogP contribution in [0.25, 0.3) is 16.7 Å². The van der Waals surface area contributed by atoms with E-state index in [1.807, 2.05) is 67.0 Å². The van der Waals surface area contributed by atoms with Crippen molar-refractivity contribution in [1.29, 1.82) is 0 Å². The molecule has 194 valence electrons. The summed E-state index contributed by atoms with van der Waals surface area (Å²) < 4.78 is 28.9. The van der Waals surface area contributed by atoms with Gasteiger partial charge in [-0.15, -0.1) is 0 Å². The number of aromatic nitrogens is 2. The molecule has 0 aliphatic rings. The smallest absolute Gasteiger partial charge is 0.328 e. The molecule has 0 saturated heterocycles. The van der Waals surface area contributed by atoms with E-state index in [9.17, 15) is 13.2 Å². The number of fused-ring (bicyclic) bond motifs is 1. The first-order valence-corrected chi connectivity index (χ1v) is 13.8. The number of nitrogens with zero attached hydrogens (tertiary/aromatic N) is 3. The third-order valence-corrected chi connectivity index (χ3v) is 7.69. The predicted molar refractivity (Wildman–Crippen MR) is 148 cm³/mol. The summed E-state index contributed by atoms with van der Waals surface area (Å²) in [6.07, 6.45) is 1.30. The minimum atomic E-state index is -3.92. The van der Waals surface area contributed by atoms with Gasteiger partial charge < -0.3 is 10.2 Å². The molecule has 2 N–H and O–H groups in total. The van der Waals surface area contributed by atoms with Crippen molar-refractivity contribution >= 4 is 44.4 Å². The number of nitrogens with one attached hydrogen (secondary N) is 2. The minimum absolute atomic E-state index is 0.0431. The number of amides is 2. The van der Waals surface area contributed by atoms with E-state index >= 15 is 0 Å². The molecular formula is C27H30ClN5O3S. The lowest BCUT2D eigenvalue weighted by Crippen LogP contribution is -2.40. The number of rotatable bonds is 8. The quantitative estimate of drug-likeness (QED) is 0.334. The fourth-order valence-corrected chi connectivity index (χ4v) is 5.33. The number of halogens is 1. The molecule has 0 aliphatic heterocycles. The molecular weight excluding hydrogens is 510 g/mol. The fraction of sp³-hybridized carbons (Fsp3) is 0.259. The number of hydrogen-bond donors (Lipinski definition) is 2.